The summed E-state index contributed by atoms with van der Waals surface area (Å²) >= 11 is 5.38. The largest absolute Gasteiger partial charge is 0.359 e. The number of rotatable bonds is 6. The maximum absolute atomic E-state index is 5.38. The van der Waals surface area contributed by atoms with Crippen LogP contribution in [-0.2, 0) is 19.6 Å². The number of hydrogen-bond donors (Lipinski definition) is 2. The zero-order valence-electron chi connectivity index (χ0n) is 13.6. The Morgan fingerprint density at radius 2 is 2.14 bits per heavy atom. The van der Waals surface area contributed by atoms with E-state index in [1.165, 1.54) is 0 Å². The molecule has 6 nitrogen and oxygen atoms in total. The van der Waals surface area contributed by atoms with Crippen LogP contribution < -0.4 is 10.6 Å². The van der Waals surface area contributed by atoms with Crippen LogP contribution in [-0.4, -0.2) is 24.7 Å². The molecule has 0 saturated carbocycles. The van der Waals surface area contributed by atoms with E-state index in [0.717, 1.165) is 30.0 Å². The van der Waals surface area contributed by atoms with E-state index in [0.29, 0.717) is 11.7 Å². The average molecular weight is 320 g/mol. The van der Waals surface area contributed by atoms with Gasteiger partial charge in [-0.15, -0.1) is 0 Å². The minimum atomic E-state index is 0.113. The lowest BCUT2D eigenvalue weighted by molar-refractivity contribution is 0.563. The van der Waals surface area contributed by atoms with Gasteiger partial charge in [0.05, 0.1) is 17.4 Å². The van der Waals surface area contributed by atoms with Gasteiger partial charge in [0.1, 0.15) is 0 Å². The van der Waals surface area contributed by atoms with Gasteiger partial charge < -0.3 is 10.6 Å². The van der Waals surface area contributed by atoms with Gasteiger partial charge in [-0.3, -0.25) is 9.36 Å². The predicted molar refractivity (Wildman–Crippen MR) is 91.5 cm³/mol. The van der Waals surface area contributed by atoms with Crippen LogP contribution in [0.25, 0.3) is 0 Å². The van der Waals surface area contributed by atoms with Crippen molar-refractivity contribution in [1.82, 2.24) is 30.2 Å². The van der Waals surface area contributed by atoms with Gasteiger partial charge in [-0.05, 0) is 46.0 Å². The minimum Gasteiger partial charge on any atom is -0.359 e. The van der Waals surface area contributed by atoms with Gasteiger partial charge in [-0.1, -0.05) is 0 Å². The lowest BCUT2D eigenvalue weighted by Gasteiger charge is -2.18. The Labute approximate surface area is 136 Å². The van der Waals surface area contributed by atoms with Crippen LogP contribution in [0.4, 0.5) is 0 Å². The molecule has 7 heteroatoms. The van der Waals surface area contributed by atoms with Crippen LogP contribution in [0.1, 0.15) is 43.8 Å². The molecule has 0 aromatic carbocycles. The second-order valence-electron chi connectivity index (χ2n) is 5.22. The molecule has 0 aliphatic carbocycles. The summed E-state index contributed by atoms with van der Waals surface area (Å²) in [4.78, 5) is 0. The molecule has 2 aromatic rings. The molecule has 2 rings (SSSR count). The van der Waals surface area contributed by atoms with Gasteiger partial charge in [0, 0.05) is 37.6 Å². The number of nitrogens with zero attached hydrogens (tertiary/aromatic N) is 4. The first-order valence-corrected chi connectivity index (χ1v) is 8.05. The average Bonchev–Trinajstić information content (AvgIpc) is 3.11. The molecular formula is C15H24N6S. The van der Waals surface area contributed by atoms with E-state index >= 15 is 0 Å². The van der Waals surface area contributed by atoms with E-state index < -0.39 is 0 Å². The Kier molecular flexibility index (Phi) is 5.54. The molecule has 0 fully saturated rings. The summed E-state index contributed by atoms with van der Waals surface area (Å²) in [5, 5.41) is 15.9. The first kappa shape index (κ1) is 16.5. The Morgan fingerprint density at radius 1 is 1.36 bits per heavy atom. The van der Waals surface area contributed by atoms with Crippen molar-refractivity contribution in [3.05, 3.63) is 35.4 Å². The highest BCUT2D eigenvalue weighted by atomic mass is 32.1. The first-order valence-electron chi connectivity index (χ1n) is 7.64. The number of thiocarbonyl (C=S) groups is 1. The maximum Gasteiger partial charge on any atom is 0.167 e. The Morgan fingerprint density at radius 3 is 2.77 bits per heavy atom. The van der Waals surface area contributed by atoms with Gasteiger partial charge in [0.25, 0.3) is 0 Å². The van der Waals surface area contributed by atoms with E-state index in [9.17, 15) is 0 Å². The highest BCUT2D eigenvalue weighted by Crippen LogP contribution is 2.11. The molecule has 0 saturated heterocycles. The Hall–Kier alpha value is -1.89. The normalized spacial score (nSPS) is 12.2. The summed E-state index contributed by atoms with van der Waals surface area (Å²) in [5.41, 5.74) is 3.33. The van der Waals surface area contributed by atoms with Crippen molar-refractivity contribution in [3.63, 3.8) is 0 Å². The summed E-state index contributed by atoms with van der Waals surface area (Å²) in [6.07, 6.45) is 3.87. The molecule has 0 amide bonds. The van der Waals surface area contributed by atoms with Gasteiger partial charge >= 0.3 is 0 Å². The minimum absolute atomic E-state index is 0.113. The van der Waals surface area contributed by atoms with E-state index in [1.807, 2.05) is 28.6 Å². The number of aryl methyl sites for hydroxylation is 3. The zero-order chi connectivity index (χ0) is 16.1. The van der Waals surface area contributed by atoms with Crippen LogP contribution >= 0.6 is 12.2 Å². The molecule has 0 spiro atoms. The lowest BCUT2D eigenvalue weighted by Crippen LogP contribution is -2.37. The SMILES string of the molecule is CCn1cc(CNC(=S)NC(C)c2ccnn2CC)c(C)n1. The van der Waals surface area contributed by atoms with Crippen molar-refractivity contribution >= 4 is 17.3 Å². The maximum atomic E-state index is 5.38. The predicted octanol–water partition coefficient (Wildman–Crippen LogP) is 2.15. The van der Waals surface area contributed by atoms with E-state index in [-0.39, 0.29) is 6.04 Å². The summed E-state index contributed by atoms with van der Waals surface area (Å²) in [6, 6.07) is 2.13. The first-order chi connectivity index (χ1) is 10.5. The molecule has 22 heavy (non-hydrogen) atoms. The van der Waals surface area contributed by atoms with Gasteiger partial charge in [-0.25, -0.2) is 0 Å². The number of hydrogen-bond acceptors (Lipinski definition) is 3. The molecule has 2 N–H and O–H groups in total. The topological polar surface area (TPSA) is 59.7 Å². The fourth-order valence-electron chi connectivity index (χ4n) is 2.37. The molecule has 0 aliphatic heterocycles. The molecule has 2 aromatic heterocycles. The highest BCUT2D eigenvalue weighted by molar-refractivity contribution is 7.80. The monoisotopic (exact) mass is 320 g/mol. The third kappa shape index (κ3) is 3.85. The van der Waals surface area contributed by atoms with E-state index in [2.05, 4.69) is 47.8 Å². The third-order valence-electron chi connectivity index (χ3n) is 3.65. The Balaban J connectivity index is 1.88. The van der Waals surface area contributed by atoms with Crippen molar-refractivity contribution in [2.45, 2.75) is 53.4 Å². The fraction of sp³-hybridized carbons (Fsp3) is 0.533. The van der Waals surface area contributed by atoms with Crippen molar-refractivity contribution in [1.29, 1.82) is 0 Å². The molecule has 0 bridgehead atoms. The molecular weight excluding hydrogens is 296 g/mol. The van der Waals surface area contributed by atoms with Crippen LogP contribution in [0.5, 0.6) is 0 Å². The van der Waals surface area contributed by atoms with Crippen LogP contribution in [0.2, 0.25) is 0 Å². The quantitative estimate of drug-likeness (QED) is 0.799. The summed E-state index contributed by atoms with van der Waals surface area (Å²) in [6.45, 7) is 10.7. The third-order valence-corrected chi connectivity index (χ3v) is 3.91. The molecule has 1 unspecified atom stereocenters. The fourth-order valence-corrected chi connectivity index (χ4v) is 2.62. The van der Waals surface area contributed by atoms with E-state index in [4.69, 9.17) is 12.2 Å². The van der Waals surface area contributed by atoms with Crippen LogP contribution in [0.3, 0.4) is 0 Å². The van der Waals surface area contributed by atoms with Crippen molar-refractivity contribution in [2.75, 3.05) is 0 Å². The Bertz CT molecular complexity index is 630. The van der Waals surface area contributed by atoms with Crippen LogP contribution in [0, 0.1) is 6.92 Å². The number of nitrogens with one attached hydrogen (secondary N) is 2. The zero-order valence-corrected chi connectivity index (χ0v) is 14.4. The summed E-state index contributed by atoms with van der Waals surface area (Å²) in [7, 11) is 0. The lowest BCUT2D eigenvalue weighted by atomic mass is 10.2. The standard InChI is InChI=1S/C15H24N6S/c1-5-20-10-13(11(3)19-20)9-16-15(22)18-12(4)14-7-8-17-21(14)6-2/h7-8,10,12H,5-6,9H2,1-4H3,(H2,16,18,22). The van der Waals surface area contributed by atoms with Gasteiger partial charge in [0.2, 0.25) is 0 Å². The second kappa shape index (κ2) is 7.40. The molecule has 2 heterocycles. The number of aromatic nitrogens is 4. The summed E-state index contributed by atoms with van der Waals surface area (Å²) in [5.74, 6) is 0. The van der Waals surface area contributed by atoms with E-state index in [1.54, 1.807) is 0 Å². The highest BCUT2D eigenvalue weighted by Gasteiger charge is 2.12. The van der Waals surface area contributed by atoms with Gasteiger partial charge in [0.15, 0.2) is 5.11 Å². The van der Waals surface area contributed by atoms with Crippen LogP contribution in [0.15, 0.2) is 18.5 Å². The van der Waals surface area contributed by atoms with Gasteiger partial charge in [-0.2, -0.15) is 10.2 Å². The van der Waals surface area contributed by atoms with Crippen molar-refractivity contribution in [2.24, 2.45) is 0 Å². The molecule has 1 atom stereocenters. The second-order valence-corrected chi connectivity index (χ2v) is 5.62. The van der Waals surface area contributed by atoms with Crippen molar-refractivity contribution in [3.8, 4) is 0 Å². The molecule has 0 radical (unpaired) electrons. The summed E-state index contributed by atoms with van der Waals surface area (Å²) < 4.78 is 3.90. The molecule has 120 valence electrons. The smallest absolute Gasteiger partial charge is 0.167 e. The van der Waals surface area contributed by atoms with Crippen molar-refractivity contribution < 1.29 is 0 Å². The molecule has 0 aliphatic rings.